The normalized spacial score (nSPS) is 11.9. The van der Waals surface area contributed by atoms with E-state index in [1.807, 2.05) is 16.7 Å². The lowest BCUT2D eigenvalue weighted by Gasteiger charge is -2.14. The Morgan fingerprint density at radius 1 is 1.09 bits per heavy atom. The molecule has 1 aromatic carbocycles. The molecule has 2 heterocycles. The molecule has 0 bridgehead atoms. The van der Waals surface area contributed by atoms with Crippen molar-refractivity contribution in [1.82, 2.24) is 19.1 Å². The van der Waals surface area contributed by atoms with Crippen molar-refractivity contribution in [3.8, 4) is 0 Å². The molecule has 33 heavy (non-hydrogen) atoms. The van der Waals surface area contributed by atoms with Crippen molar-refractivity contribution in [2.24, 2.45) is 12.0 Å². The number of fused-ring (bicyclic) bond motifs is 1. The van der Waals surface area contributed by atoms with Crippen LogP contribution in [0.15, 0.2) is 38.8 Å². The Kier molecular flexibility index (Phi) is 8.63. The van der Waals surface area contributed by atoms with Crippen molar-refractivity contribution < 1.29 is 0 Å². The molecular formula is C25H36N6O2. The third-order valence-corrected chi connectivity index (χ3v) is 5.90. The summed E-state index contributed by atoms with van der Waals surface area (Å²) in [5.74, 6) is 0.586. The van der Waals surface area contributed by atoms with E-state index in [0.29, 0.717) is 23.7 Å². The second kappa shape index (κ2) is 11.6. The smallest absolute Gasteiger partial charge is 0.329 e. The van der Waals surface area contributed by atoms with Crippen LogP contribution in [0.4, 0.5) is 5.95 Å². The predicted octanol–water partition coefficient (Wildman–Crippen LogP) is 4.01. The molecule has 0 spiro atoms. The molecule has 0 aliphatic carbocycles. The topological polar surface area (TPSA) is 97.1 Å². The third kappa shape index (κ3) is 5.80. The zero-order valence-electron chi connectivity index (χ0n) is 20.3. The van der Waals surface area contributed by atoms with Gasteiger partial charge in [-0.3, -0.25) is 23.9 Å². The summed E-state index contributed by atoms with van der Waals surface area (Å²) in [5.41, 5.74) is 2.96. The van der Waals surface area contributed by atoms with Crippen molar-refractivity contribution in [1.29, 1.82) is 0 Å². The average Bonchev–Trinajstić information content (AvgIpc) is 3.16. The highest BCUT2D eigenvalue weighted by molar-refractivity contribution is 6.02. The van der Waals surface area contributed by atoms with Crippen LogP contribution in [0.2, 0.25) is 0 Å². The van der Waals surface area contributed by atoms with Crippen molar-refractivity contribution >= 4 is 22.8 Å². The highest BCUT2D eigenvalue weighted by atomic mass is 16.2. The minimum Gasteiger partial charge on any atom is -0.356 e. The van der Waals surface area contributed by atoms with Gasteiger partial charge in [0.15, 0.2) is 11.2 Å². The molecule has 178 valence electrons. The Bertz CT molecular complexity index is 1220. The van der Waals surface area contributed by atoms with Gasteiger partial charge in [0.1, 0.15) is 0 Å². The highest BCUT2D eigenvalue weighted by Gasteiger charge is 2.19. The van der Waals surface area contributed by atoms with Crippen molar-refractivity contribution in [3.63, 3.8) is 0 Å². The molecule has 8 nitrogen and oxygen atoms in total. The molecule has 2 N–H and O–H groups in total. The first-order valence-electron chi connectivity index (χ1n) is 12.0. The van der Waals surface area contributed by atoms with Gasteiger partial charge in [0.25, 0.3) is 5.56 Å². The maximum atomic E-state index is 12.8. The first-order valence-corrected chi connectivity index (χ1v) is 12.0. The second-order valence-corrected chi connectivity index (χ2v) is 8.50. The maximum absolute atomic E-state index is 12.8. The fourth-order valence-electron chi connectivity index (χ4n) is 3.94. The minimum atomic E-state index is -0.470. The molecule has 0 fully saturated rings. The van der Waals surface area contributed by atoms with E-state index in [4.69, 9.17) is 4.99 Å². The number of aryl methyl sites for hydroxylation is 2. The lowest BCUT2D eigenvalue weighted by atomic mass is 10.0. The average molecular weight is 453 g/mol. The van der Waals surface area contributed by atoms with E-state index in [2.05, 4.69) is 48.2 Å². The van der Waals surface area contributed by atoms with Crippen molar-refractivity contribution in [2.75, 3.05) is 18.4 Å². The van der Waals surface area contributed by atoms with Crippen LogP contribution in [-0.4, -0.2) is 37.9 Å². The van der Waals surface area contributed by atoms with E-state index >= 15 is 0 Å². The number of nitrogens with zero attached hydrogens (tertiary/aromatic N) is 4. The van der Waals surface area contributed by atoms with Crippen molar-refractivity contribution in [3.05, 3.63) is 56.2 Å². The third-order valence-electron chi connectivity index (χ3n) is 5.90. The standard InChI is InChI=1S/C25H36N6O2/c1-5-7-11-15-26-20(19-14-10-9-13-18(19)3)17-31-21-22(30(4)25(33)29-23(21)32)28-24(31)27-16-12-8-6-2/h9-10,13-14H,5-8,11-12,15-17H2,1-4H3,(H,27,28)(H,29,32,33). The summed E-state index contributed by atoms with van der Waals surface area (Å²) in [6.45, 7) is 8.29. The molecular weight excluding hydrogens is 416 g/mol. The van der Waals surface area contributed by atoms with Gasteiger partial charge in [-0.2, -0.15) is 4.98 Å². The summed E-state index contributed by atoms with van der Waals surface area (Å²) in [7, 11) is 1.62. The molecule has 3 rings (SSSR count). The van der Waals surface area contributed by atoms with E-state index in [-0.39, 0.29) is 0 Å². The Morgan fingerprint density at radius 3 is 2.55 bits per heavy atom. The van der Waals surface area contributed by atoms with E-state index in [1.165, 1.54) is 4.57 Å². The van der Waals surface area contributed by atoms with Crippen LogP contribution in [0.25, 0.3) is 11.2 Å². The SMILES string of the molecule is CCCCCN=C(Cn1c(NCCCCC)nc2c1c(=O)[nH]c(=O)n2C)c1ccccc1C. The lowest BCUT2D eigenvalue weighted by molar-refractivity contribution is 0.723. The number of hydrogen-bond acceptors (Lipinski definition) is 5. The van der Waals surface area contributed by atoms with E-state index < -0.39 is 11.2 Å². The molecule has 0 radical (unpaired) electrons. The second-order valence-electron chi connectivity index (χ2n) is 8.50. The quantitative estimate of drug-likeness (QED) is 0.320. The van der Waals surface area contributed by atoms with Gasteiger partial charge >= 0.3 is 5.69 Å². The number of H-pyrrole nitrogens is 1. The summed E-state index contributed by atoms with van der Waals surface area (Å²) in [5, 5.41) is 3.39. The first kappa shape index (κ1) is 24.5. The van der Waals surface area contributed by atoms with Gasteiger partial charge in [-0.25, -0.2) is 4.79 Å². The monoisotopic (exact) mass is 452 g/mol. The fourth-order valence-corrected chi connectivity index (χ4v) is 3.94. The summed E-state index contributed by atoms with van der Waals surface area (Å²) in [4.78, 5) is 37.1. The van der Waals surface area contributed by atoms with Crippen LogP contribution in [0, 0.1) is 6.92 Å². The Hall–Kier alpha value is -3.16. The van der Waals surface area contributed by atoms with Gasteiger partial charge in [-0.1, -0.05) is 63.8 Å². The summed E-state index contributed by atoms with van der Waals surface area (Å²) in [6.07, 6.45) is 6.52. The molecule has 0 unspecified atom stereocenters. The van der Waals surface area contributed by atoms with Gasteiger partial charge in [0.2, 0.25) is 5.95 Å². The Morgan fingerprint density at radius 2 is 1.82 bits per heavy atom. The summed E-state index contributed by atoms with van der Waals surface area (Å²) >= 11 is 0. The Labute approximate surface area is 194 Å². The van der Waals surface area contributed by atoms with E-state index in [9.17, 15) is 9.59 Å². The van der Waals surface area contributed by atoms with Gasteiger partial charge in [0.05, 0.1) is 12.3 Å². The van der Waals surface area contributed by atoms with Crippen molar-refractivity contribution in [2.45, 2.75) is 65.8 Å². The molecule has 0 saturated heterocycles. The molecule has 0 aliphatic heterocycles. The number of benzene rings is 1. The lowest BCUT2D eigenvalue weighted by Crippen LogP contribution is -2.29. The van der Waals surface area contributed by atoms with Crippen LogP contribution >= 0.6 is 0 Å². The minimum absolute atomic E-state index is 0.372. The highest BCUT2D eigenvalue weighted by Crippen LogP contribution is 2.19. The van der Waals surface area contributed by atoms with Crippen LogP contribution in [0.1, 0.15) is 63.5 Å². The molecule has 0 amide bonds. The van der Waals surface area contributed by atoms with Crippen LogP contribution in [0.5, 0.6) is 0 Å². The number of anilines is 1. The molecule has 2 aromatic heterocycles. The number of nitrogens with one attached hydrogen (secondary N) is 2. The predicted molar refractivity (Wildman–Crippen MR) is 136 cm³/mol. The van der Waals surface area contributed by atoms with Gasteiger partial charge in [0, 0.05) is 25.7 Å². The maximum Gasteiger partial charge on any atom is 0.329 e. The largest absolute Gasteiger partial charge is 0.356 e. The molecule has 0 aliphatic rings. The Balaban J connectivity index is 2.09. The summed E-state index contributed by atoms with van der Waals surface area (Å²) in [6, 6.07) is 8.17. The molecule has 3 aromatic rings. The van der Waals surface area contributed by atoms with Gasteiger partial charge in [-0.15, -0.1) is 0 Å². The van der Waals surface area contributed by atoms with E-state index in [1.54, 1.807) is 7.05 Å². The molecule has 0 atom stereocenters. The number of unbranched alkanes of at least 4 members (excludes halogenated alkanes) is 4. The summed E-state index contributed by atoms with van der Waals surface area (Å²) < 4.78 is 3.25. The number of hydrogen-bond donors (Lipinski definition) is 2. The molecule has 8 heteroatoms. The fraction of sp³-hybridized carbons (Fsp3) is 0.520. The number of aromatic nitrogens is 4. The van der Waals surface area contributed by atoms with E-state index in [0.717, 1.165) is 68.5 Å². The zero-order valence-corrected chi connectivity index (χ0v) is 20.3. The van der Waals surface area contributed by atoms with Crippen LogP contribution in [-0.2, 0) is 13.6 Å². The number of rotatable bonds is 12. The number of aromatic amines is 1. The van der Waals surface area contributed by atoms with Crippen LogP contribution < -0.4 is 16.6 Å². The van der Waals surface area contributed by atoms with Gasteiger partial charge < -0.3 is 5.32 Å². The van der Waals surface area contributed by atoms with Crippen LogP contribution in [0.3, 0.4) is 0 Å². The number of imidazole rings is 1. The zero-order chi connectivity index (χ0) is 23.8. The first-order chi connectivity index (χ1) is 16.0. The van der Waals surface area contributed by atoms with Gasteiger partial charge in [-0.05, 0) is 25.3 Å². The molecule has 0 saturated carbocycles. The number of aliphatic imine (C=N–C) groups is 1.